The van der Waals surface area contributed by atoms with Crippen LogP contribution >= 0.6 is 11.8 Å². The first-order valence-corrected chi connectivity index (χ1v) is 9.36. The van der Waals surface area contributed by atoms with E-state index in [1.807, 2.05) is 0 Å². The van der Waals surface area contributed by atoms with Gasteiger partial charge in [0.05, 0.1) is 25.9 Å². The average Bonchev–Trinajstić information content (AvgIpc) is 2.71. The van der Waals surface area contributed by atoms with Gasteiger partial charge >= 0.3 is 6.09 Å². The van der Waals surface area contributed by atoms with Gasteiger partial charge in [-0.3, -0.25) is 10.1 Å². The van der Waals surface area contributed by atoms with Crippen molar-refractivity contribution in [3.8, 4) is 5.75 Å². The van der Waals surface area contributed by atoms with Gasteiger partial charge in [0.15, 0.2) is 11.8 Å². The molecule has 1 atom stereocenters. The average molecular weight is 428 g/mol. The second kappa shape index (κ2) is 8.94. The molecule has 2 amide bonds. The number of nitrogens with zero attached hydrogens (tertiary/aromatic N) is 3. The van der Waals surface area contributed by atoms with Crippen LogP contribution in [0.25, 0.3) is 0 Å². The number of phenols is 1. The van der Waals surface area contributed by atoms with E-state index in [1.165, 1.54) is 13.2 Å². The van der Waals surface area contributed by atoms with Gasteiger partial charge in [0, 0.05) is 11.8 Å². The lowest BCUT2D eigenvalue weighted by Crippen LogP contribution is -2.52. The van der Waals surface area contributed by atoms with Crippen molar-refractivity contribution in [3.63, 3.8) is 0 Å². The predicted molar refractivity (Wildman–Crippen MR) is 105 cm³/mol. The Morgan fingerprint density at radius 3 is 2.93 bits per heavy atom. The monoisotopic (exact) mass is 428 g/mol. The SMILES string of the molecule is COC(=O)Nc1cc2c(cc1O)NC1=NC(SCF)=NC(CNC(=O)CF)N1C2. The Hall–Kier alpha value is -3.09. The highest BCUT2D eigenvalue weighted by molar-refractivity contribution is 8.13. The molecule has 4 N–H and O–H groups in total. The minimum Gasteiger partial charge on any atom is -0.506 e. The van der Waals surface area contributed by atoms with E-state index in [1.54, 1.807) is 11.0 Å². The number of nitrogens with one attached hydrogen (secondary N) is 3. The molecule has 2 aliphatic heterocycles. The molecule has 2 heterocycles. The molecule has 13 heteroatoms. The first-order chi connectivity index (χ1) is 13.9. The minimum atomic E-state index is -1.16. The number of thioether (sulfide) groups is 1. The number of halogens is 2. The number of ether oxygens (including phenoxy) is 1. The van der Waals surface area contributed by atoms with Crippen LogP contribution in [0.2, 0.25) is 0 Å². The van der Waals surface area contributed by atoms with Crippen LogP contribution in [-0.4, -0.2) is 65.6 Å². The molecule has 0 saturated carbocycles. The third-order valence-electron chi connectivity index (χ3n) is 4.11. The number of aromatic hydroxyl groups is 1. The van der Waals surface area contributed by atoms with Gasteiger partial charge in [0.25, 0.3) is 5.91 Å². The highest BCUT2D eigenvalue weighted by atomic mass is 32.2. The summed E-state index contributed by atoms with van der Waals surface area (Å²) < 4.78 is 29.7. The number of alkyl halides is 2. The lowest BCUT2D eigenvalue weighted by Gasteiger charge is -2.39. The number of carbonyl (C=O) groups excluding carboxylic acids is 2. The number of amides is 2. The molecule has 0 aliphatic carbocycles. The number of anilines is 2. The molecule has 0 aromatic heterocycles. The second-order valence-electron chi connectivity index (χ2n) is 5.91. The zero-order valence-electron chi connectivity index (χ0n) is 15.2. The van der Waals surface area contributed by atoms with Gasteiger partial charge < -0.3 is 25.4 Å². The molecule has 0 spiro atoms. The van der Waals surface area contributed by atoms with Crippen LogP contribution in [0.5, 0.6) is 5.75 Å². The number of fused-ring (bicyclic) bond motifs is 2. The summed E-state index contributed by atoms with van der Waals surface area (Å²) in [4.78, 5) is 33.0. The standard InChI is InChI=1S/C16H18F2N6O4S/c1-28-16(27)21-10-2-8-6-24-12(5-19-13(26)4-17)22-15(29-7-18)23-14(24)20-9(8)3-11(10)25/h2-3,12,25H,4-7H2,1H3,(H,19,26)(H,21,27)(H,20,22,23). The quantitative estimate of drug-likeness (QED) is 0.525. The van der Waals surface area contributed by atoms with E-state index in [4.69, 9.17) is 0 Å². The van der Waals surface area contributed by atoms with E-state index < -0.39 is 30.8 Å². The maximum absolute atomic E-state index is 12.7. The molecule has 0 radical (unpaired) electrons. The summed E-state index contributed by atoms with van der Waals surface area (Å²) in [6.07, 6.45) is -1.40. The van der Waals surface area contributed by atoms with Crippen molar-refractivity contribution >= 4 is 46.3 Å². The van der Waals surface area contributed by atoms with Crippen LogP contribution in [0.4, 0.5) is 25.0 Å². The van der Waals surface area contributed by atoms with Gasteiger partial charge in [0.1, 0.15) is 17.9 Å². The van der Waals surface area contributed by atoms with Gasteiger partial charge in [-0.1, -0.05) is 11.8 Å². The number of benzene rings is 1. The number of phenolic OH excluding ortho intramolecular Hbond substituents is 1. The normalized spacial score (nSPS) is 17.2. The molecule has 0 bridgehead atoms. The molecule has 1 aromatic carbocycles. The van der Waals surface area contributed by atoms with Crippen molar-refractivity contribution in [2.24, 2.45) is 9.98 Å². The summed E-state index contributed by atoms with van der Waals surface area (Å²) in [6, 6.07) is 2.23. The van der Waals surface area contributed by atoms with Gasteiger partial charge in [-0.05, 0) is 11.6 Å². The summed E-state index contributed by atoms with van der Waals surface area (Å²) in [7, 11) is 1.20. The van der Waals surface area contributed by atoms with Crippen LogP contribution in [0.3, 0.4) is 0 Å². The Morgan fingerprint density at radius 1 is 1.45 bits per heavy atom. The fourth-order valence-corrected chi connectivity index (χ4v) is 3.22. The Morgan fingerprint density at radius 2 is 2.24 bits per heavy atom. The summed E-state index contributed by atoms with van der Waals surface area (Å²) >= 11 is 0.780. The van der Waals surface area contributed by atoms with Crippen molar-refractivity contribution in [1.29, 1.82) is 0 Å². The largest absolute Gasteiger partial charge is 0.506 e. The molecule has 3 rings (SSSR count). The van der Waals surface area contributed by atoms with Crippen LogP contribution in [0.1, 0.15) is 5.56 Å². The molecule has 1 unspecified atom stereocenters. The zero-order valence-corrected chi connectivity index (χ0v) is 16.1. The topological polar surface area (TPSA) is 128 Å². The number of hydrogen-bond donors (Lipinski definition) is 4. The van der Waals surface area contributed by atoms with Crippen LogP contribution in [0.15, 0.2) is 22.1 Å². The van der Waals surface area contributed by atoms with Crippen molar-refractivity contribution in [3.05, 3.63) is 17.7 Å². The van der Waals surface area contributed by atoms with Crippen molar-refractivity contribution in [1.82, 2.24) is 10.2 Å². The molecular weight excluding hydrogens is 410 g/mol. The third kappa shape index (κ3) is 4.67. The molecule has 1 aromatic rings. The third-order valence-corrected chi connectivity index (χ3v) is 4.67. The molecule has 10 nitrogen and oxygen atoms in total. The van der Waals surface area contributed by atoms with Gasteiger partial charge in [-0.15, -0.1) is 0 Å². The Bertz CT molecular complexity index is 881. The Balaban J connectivity index is 1.88. The van der Waals surface area contributed by atoms with Crippen molar-refractivity contribution in [2.45, 2.75) is 12.7 Å². The number of aliphatic imine (C=N–C) groups is 2. The summed E-state index contributed by atoms with van der Waals surface area (Å²) in [5.74, 6) is -0.634. The summed E-state index contributed by atoms with van der Waals surface area (Å²) in [6.45, 7) is -0.919. The first kappa shape index (κ1) is 20.6. The van der Waals surface area contributed by atoms with Crippen molar-refractivity contribution < 1.29 is 28.2 Å². The molecular formula is C16H18F2N6O4S. The highest BCUT2D eigenvalue weighted by Gasteiger charge is 2.32. The summed E-state index contributed by atoms with van der Waals surface area (Å²) in [5, 5.41) is 18.2. The molecule has 29 heavy (non-hydrogen) atoms. The van der Waals surface area contributed by atoms with E-state index in [9.17, 15) is 23.5 Å². The Kier molecular flexibility index (Phi) is 6.36. The van der Waals surface area contributed by atoms with Crippen molar-refractivity contribution in [2.75, 3.05) is 37.0 Å². The number of methoxy groups -OCH3 is 1. The predicted octanol–water partition coefficient (Wildman–Crippen LogP) is 1.60. The number of carbonyl (C=O) groups is 2. The highest BCUT2D eigenvalue weighted by Crippen LogP contribution is 2.35. The maximum atomic E-state index is 12.7. The Labute approximate surface area is 168 Å². The van der Waals surface area contributed by atoms with Crippen LogP contribution < -0.4 is 16.0 Å². The van der Waals surface area contributed by atoms with Crippen LogP contribution in [-0.2, 0) is 16.1 Å². The number of rotatable bonds is 5. The minimum absolute atomic E-state index is 0.0134. The lowest BCUT2D eigenvalue weighted by molar-refractivity contribution is -0.122. The summed E-state index contributed by atoms with van der Waals surface area (Å²) in [5.41, 5.74) is 1.37. The fraction of sp³-hybridized carbons (Fsp3) is 0.375. The van der Waals surface area contributed by atoms with E-state index in [-0.39, 0.29) is 29.7 Å². The van der Waals surface area contributed by atoms with E-state index in [0.717, 1.165) is 11.8 Å². The van der Waals surface area contributed by atoms with E-state index in [0.29, 0.717) is 17.2 Å². The molecule has 156 valence electrons. The first-order valence-electron chi connectivity index (χ1n) is 8.37. The zero-order chi connectivity index (χ0) is 21.0. The lowest BCUT2D eigenvalue weighted by atomic mass is 10.1. The van der Waals surface area contributed by atoms with Gasteiger partial charge in [-0.2, -0.15) is 4.99 Å². The maximum Gasteiger partial charge on any atom is 0.411 e. The number of guanidine groups is 1. The van der Waals surface area contributed by atoms with Crippen LogP contribution in [0, 0.1) is 0 Å². The van der Waals surface area contributed by atoms with Gasteiger partial charge in [-0.25, -0.2) is 18.6 Å². The van der Waals surface area contributed by atoms with Gasteiger partial charge in [0.2, 0.25) is 5.96 Å². The van der Waals surface area contributed by atoms with E-state index >= 15 is 0 Å². The molecule has 0 saturated heterocycles. The molecule has 2 aliphatic rings. The number of amidine groups is 1. The second-order valence-corrected chi connectivity index (χ2v) is 6.79. The fourth-order valence-electron chi connectivity index (χ4n) is 2.77. The van der Waals surface area contributed by atoms with E-state index in [2.05, 4.69) is 30.7 Å². The number of hydrogen-bond acceptors (Lipinski definition) is 9. The smallest absolute Gasteiger partial charge is 0.411 e. The molecule has 0 fully saturated rings.